The minimum absolute atomic E-state index is 0.0275. The molecule has 2 unspecified atom stereocenters. The third kappa shape index (κ3) is 4.63. The first kappa shape index (κ1) is 22.9. The zero-order valence-corrected chi connectivity index (χ0v) is 17.0. The van der Waals surface area contributed by atoms with E-state index in [-0.39, 0.29) is 35.3 Å². The number of phenolic OH excluding ortho intramolecular Hbond substituents is 1. The van der Waals surface area contributed by atoms with Gasteiger partial charge in [0.2, 0.25) is 0 Å². The molecule has 2 heterocycles. The van der Waals surface area contributed by atoms with Crippen molar-refractivity contribution in [2.45, 2.75) is 44.4 Å². The Morgan fingerprint density at radius 1 is 0.935 bits per heavy atom. The van der Waals surface area contributed by atoms with Gasteiger partial charge < -0.3 is 18.8 Å². The molecule has 2 aromatic rings. The number of halogens is 5. The highest BCUT2D eigenvalue weighted by molar-refractivity contribution is 7.88. The van der Waals surface area contributed by atoms with E-state index < -0.39 is 39.1 Å². The Kier molecular flexibility index (Phi) is 5.96. The molecule has 2 aromatic carbocycles. The fraction of sp³-hybridized carbons (Fsp3) is 0.368. The van der Waals surface area contributed by atoms with Crippen LogP contribution in [0.2, 0.25) is 0 Å². The van der Waals surface area contributed by atoms with Gasteiger partial charge in [0.05, 0.1) is 0 Å². The summed E-state index contributed by atoms with van der Waals surface area (Å²) in [7, 11) is -5.78. The van der Waals surface area contributed by atoms with E-state index >= 15 is 0 Å². The molecular weight excluding hydrogens is 451 g/mol. The highest BCUT2D eigenvalue weighted by atomic mass is 32.2. The number of alkyl halides is 3. The monoisotopic (exact) mass is 468 g/mol. The standard InChI is InChI=1S/C10H8F4O4S.C9H9FO2/c1-5-4-6-8(3-2-7(11)9(6)17-5)18-19(15,16)10(12,13)14;1-5-4-6-8(11)3-2-7(10)9(6)12-5/h2-3,5H,4H2,1H3;2-3,5,11H,4H2,1H3. The molecule has 0 fully saturated rings. The van der Waals surface area contributed by atoms with E-state index in [1.165, 1.54) is 12.1 Å². The van der Waals surface area contributed by atoms with E-state index in [1.54, 1.807) is 6.92 Å². The van der Waals surface area contributed by atoms with Gasteiger partial charge in [-0.15, -0.1) is 0 Å². The van der Waals surface area contributed by atoms with Gasteiger partial charge in [-0.2, -0.15) is 21.6 Å². The third-order valence-electron chi connectivity index (χ3n) is 4.46. The van der Waals surface area contributed by atoms with E-state index in [0.29, 0.717) is 12.0 Å². The van der Waals surface area contributed by atoms with Crippen molar-refractivity contribution in [3.05, 3.63) is 47.0 Å². The Bertz CT molecular complexity index is 1070. The predicted octanol–water partition coefficient (Wildman–Crippen LogP) is 4.23. The molecule has 0 spiro atoms. The van der Waals surface area contributed by atoms with Gasteiger partial charge in [-0.05, 0) is 38.1 Å². The molecule has 0 aliphatic carbocycles. The van der Waals surface area contributed by atoms with Crippen LogP contribution in [0.3, 0.4) is 0 Å². The van der Waals surface area contributed by atoms with Gasteiger partial charge in [-0.3, -0.25) is 0 Å². The summed E-state index contributed by atoms with van der Waals surface area (Å²) in [6, 6.07) is 4.19. The van der Waals surface area contributed by atoms with Crippen LogP contribution in [0.15, 0.2) is 24.3 Å². The SMILES string of the molecule is CC1Cc2c(O)ccc(F)c2O1.CC1Cc2c(OS(=O)(=O)C(F)(F)F)ccc(F)c2O1. The number of hydrogen-bond donors (Lipinski definition) is 1. The molecule has 0 saturated carbocycles. The summed E-state index contributed by atoms with van der Waals surface area (Å²) in [6.07, 6.45) is 0.139. The average Bonchev–Trinajstić information content (AvgIpc) is 3.24. The molecule has 6 nitrogen and oxygen atoms in total. The zero-order chi connectivity index (χ0) is 23.1. The van der Waals surface area contributed by atoms with Crippen molar-refractivity contribution in [1.29, 1.82) is 0 Å². The van der Waals surface area contributed by atoms with Crippen LogP contribution in [0.25, 0.3) is 0 Å². The molecule has 31 heavy (non-hydrogen) atoms. The van der Waals surface area contributed by atoms with Crippen molar-refractivity contribution in [2.75, 3.05) is 0 Å². The fourth-order valence-corrected chi connectivity index (χ4v) is 3.61. The van der Waals surface area contributed by atoms with Gasteiger partial charge in [0.25, 0.3) is 0 Å². The molecule has 2 aliphatic heterocycles. The summed E-state index contributed by atoms with van der Waals surface area (Å²) in [5.74, 6) is -1.69. The summed E-state index contributed by atoms with van der Waals surface area (Å²) in [5.41, 5.74) is -4.98. The van der Waals surface area contributed by atoms with Gasteiger partial charge in [0.1, 0.15) is 23.7 Å². The first-order valence-corrected chi connectivity index (χ1v) is 10.4. The van der Waals surface area contributed by atoms with Crippen molar-refractivity contribution in [2.24, 2.45) is 0 Å². The smallest absolute Gasteiger partial charge is 0.508 e. The maximum atomic E-state index is 13.4. The largest absolute Gasteiger partial charge is 0.534 e. The molecular formula is C19H17F5O6S. The molecule has 4 rings (SSSR count). The van der Waals surface area contributed by atoms with E-state index in [9.17, 15) is 35.5 Å². The Hall–Kier alpha value is -2.76. The second-order valence-corrected chi connectivity index (χ2v) is 8.51. The molecule has 1 N–H and O–H groups in total. The van der Waals surface area contributed by atoms with Crippen LogP contribution in [0, 0.1) is 11.6 Å². The van der Waals surface area contributed by atoms with Gasteiger partial charge in [0.15, 0.2) is 23.1 Å². The minimum Gasteiger partial charge on any atom is -0.508 e. The van der Waals surface area contributed by atoms with Gasteiger partial charge in [-0.25, -0.2) is 8.78 Å². The van der Waals surface area contributed by atoms with Crippen LogP contribution in [0.1, 0.15) is 25.0 Å². The van der Waals surface area contributed by atoms with Gasteiger partial charge >= 0.3 is 15.6 Å². The summed E-state index contributed by atoms with van der Waals surface area (Å²) >= 11 is 0. The summed E-state index contributed by atoms with van der Waals surface area (Å²) < 4.78 is 99.0. The highest BCUT2D eigenvalue weighted by Gasteiger charge is 2.49. The zero-order valence-electron chi connectivity index (χ0n) is 16.2. The average molecular weight is 468 g/mol. The lowest BCUT2D eigenvalue weighted by molar-refractivity contribution is -0.0500. The van der Waals surface area contributed by atoms with Crippen molar-refractivity contribution < 1.29 is 49.1 Å². The molecule has 0 radical (unpaired) electrons. The van der Waals surface area contributed by atoms with Gasteiger partial charge in [-0.1, -0.05) is 0 Å². The van der Waals surface area contributed by atoms with E-state index in [1.807, 2.05) is 6.92 Å². The topological polar surface area (TPSA) is 82.1 Å². The molecule has 12 heteroatoms. The number of aromatic hydroxyl groups is 1. The van der Waals surface area contributed by atoms with Crippen molar-refractivity contribution >= 4 is 10.1 Å². The van der Waals surface area contributed by atoms with Crippen LogP contribution in [0.5, 0.6) is 23.0 Å². The Labute approximate surface area is 174 Å². The quantitative estimate of drug-likeness (QED) is 0.404. The van der Waals surface area contributed by atoms with Crippen LogP contribution < -0.4 is 13.7 Å². The molecule has 0 saturated heterocycles. The molecule has 0 aromatic heterocycles. The molecule has 170 valence electrons. The maximum Gasteiger partial charge on any atom is 0.534 e. The van der Waals surface area contributed by atoms with Crippen LogP contribution in [-0.2, 0) is 23.0 Å². The predicted molar refractivity (Wildman–Crippen MR) is 97.7 cm³/mol. The van der Waals surface area contributed by atoms with E-state index in [4.69, 9.17) is 9.47 Å². The van der Waals surface area contributed by atoms with Crippen molar-refractivity contribution in [3.8, 4) is 23.0 Å². The molecule has 0 bridgehead atoms. The van der Waals surface area contributed by atoms with Crippen molar-refractivity contribution in [3.63, 3.8) is 0 Å². The number of benzene rings is 2. The maximum absolute atomic E-state index is 13.4. The number of hydrogen-bond acceptors (Lipinski definition) is 6. The Morgan fingerprint density at radius 2 is 1.42 bits per heavy atom. The Morgan fingerprint density at radius 3 is 1.94 bits per heavy atom. The summed E-state index contributed by atoms with van der Waals surface area (Å²) in [4.78, 5) is 0. The van der Waals surface area contributed by atoms with Crippen LogP contribution in [0.4, 0.5) is 22.0 Å². The fourth-order valence-electron chi connectivity index (χ4n) is 3.12. The second kappa shape index (κ2) is 8.06. The number of rotatable bonds is 2. The Balaban J connectivity index is 0.000000194. The normalized spacial score (nSPS) is 19.5. The lowest BCUT2D eigenvalue weighted by Crippen LogP contribution is -2.28. The lowest BCUT2D eigenvalue weighted by atomic mass is 10.1. The number of fused-ring (bicyclic) bond motifs is 2. The molecule has 2 atom stereocenters. The van der Waals surface area contributed by atoms with Crippen LogP contribution >= 0.6 is 0 Å². The summed E-state index contributed by atoms with van der Waals surface area (Å²) in [6.45, 7) is 3.42. The van der Waals surface area contributed by atoms with E-state index in [2.05, 4.69) is 4.18 Å². The lowest BCUT2D eigenvalue weighted by Gasteiger charge is -2.11. The minimum atomic E-state index is -5.78. The number of phenols is 1. The summed E-state index contributed by atoms with van der Waals surface area (Å²) in [5, 5.41) is 9.33. The van der Waals surface area contributed by atoms with Crippen molar-refractivity contribution in [1.82, 2.24) is 0 Å². The number of ether oxygens (including phenoxy) is 2. The van der Waals surface area contributed by atoms with E-state index in [0.717, 1.165) is 12.1 Å². The van der Waals surface area contributed by atoms with Crippen LogP contribution in [-0.4, -0.2) is 31.2 Å². The molecule has 0 amide bonds. The first-order chi connectivity index (χ1) is 14.3. The van der Waals surface area contributed by atoms with Gasteiger partial charge in [0, 0.05) is 24.0 Å². The second-order valence-electron chi connectivity index (χ2n) is 6.98. The first-order valence-electron chi connectivity index (χ1n) is 8.96. The molecule has 2 aliphatic rings. The highest BCUT2D eigenvalue weighted by Crippen LogP contribution is 2.40. The third-order valence-corrected chi connectivity index (χ3v) is 5.43.